The van der Waals surface area contributed by atoms with E-state index in [-0.39, 0.29) is 11.5 Å². The van der Waals surface area contributed by atoms with Gasteiger partial charge in [0.25, 0.3) is 5.91 Å². The van der Waals surface area contributed by atoms with E-state index < -0.39 is 0 Å². The Morgan fingerprint density at radius 1 is 1.07 bits per heavy atom. The van der Waals surface area contributed by atoms with Crippen molar-refractivity contribution in [1.82, 2.24) is 24.2 Å². The van der Waals surface area contributed by atoms with Crippen LogP contribution < -0.4 is 5.56 Å². The maximum Gasteiger partial charge on any atom is 0.255 e. The van der Waals surface area contributed by atoms with Crippen LogP contribution in [0.1, 0.15) is 32.7 Å². The van der Waals surface area contributed by atoms with Gasteiger partial charge < -0.3 is 14.5 Å². The van der Waals surface area contributed by atoms with Crippen LogP contribution in [0.15, 0.2) is 65.8 Å². The fourth-order valence-corrected chi connectivity index (χ4v) is 4.02. The van der Waals surface area contributed by atoms with Crippen molar-refractivity contribution in [2.24, 2.45) is 0 Å². The van der Waals surface area contributed by atoms with Gasteiger partial charge >= 0.3 is 0 Å². The van der Waals surface area contributed by atoms with Gasteiger partial charge in [0.15, 0.2) is 0 Å². The fraction of sp³-hybridized carbons (Fsp3) is 0.174. The zero-order chi connectivity index (χ0) is 20.8. The molecule has 150 valence electrons. The number of aromatic amines is 1. The first-order valence-electron chi connectivity index (χ1n) is 9.81. The third-order valence-electron chi connectivity index (χ3n) is 5.48. The number of nitrogens with zero attached hydrogens (tertiary/aromatic N) is 4. The van der Waals surface area contributed by atoms with Gasteiger partial charge in [-0.15, -0.1) is 0 Å². The van der Waals surface area contributed by atoms with E-state index >= 15 is 0 Å². The molecule has 0 unspecified atom stereocenters. The second kappa shape index (κ2) is 6.88. The summed E-state index contributed by atoms with van der Waals surface area (Å²) in [5, 5.41) is 4.89. The van der Waals surface area contributed by atoms with Crippen LogP contribution in [0.4, 0.5) is 0 Å². The molecule has 7 nitrogen and oxygen atoms in total. The van der Waals surface area contributed by atoms with Crippen molar-refractivity contribution < 1.29 is 4.79 Å². The third-order valence-corrected chi connectivity index (χ3v) is 5.48. The number of hydrogen-bond donors (Lipinski definition) is 1. The molecule has 7 heteroatoms. The molecule has 30 heavy (non-hydrogen) atoms. The Morgan fingerprint density at radius 3 is 2.57 bits per heavy atom. The number of carbonyl (C=O) groups excluding carboxylic acids is 1. The molecule has 1 aliphatic heterocycles. The Labute approximate surface area is 173 Å². The van der Waals surface area contributed by atoms with Crippen molar-refractivity contribution in [3.63, 3.8) is 0 Å². The topological polar surface area (TPSA) is 75.9 Å². The van der Waals surface area contributed by atoms with Crippen LogP contribution >= 0.6 is 0 Å². The minimum absolute atomic E-state index is 0.124. The van der Waals surface area contributed by atoms with Gasteiger partial charge in [0.2, 0.25) is 5.56 Å². The van der Waals surface area contributed by atoms with E-state index in [2.05, 4.69) is 37.0 Å². The van der Waals surface area contributed by atoms with Crippen LogP contribution in [0.3, 0.4) is 0 Å². The van der Waals surface area contributed by atoms with Crippen molar-refractivity contribution in [1.29, 1.82) is 0 Å². The van der Waals surface area contributed by atoms with Crippen LogP contribution in [-0.4, -0.2) is 30.1 Å². The van der Waals surface area contributed by atoms with Gasteiger partial charge in [-0.25, -0.2) is 4.68 Å². The first-order valence-corrected chi connectivity index (χ1v) is 9.81. The molecule has 0 aliphatic carbocycles. The van der Waals surface area contributed by atoms with Crippen molar-refractivity contribution in [3.05, 3.63) is 99.4 Å². The molecule has 0 saturated heterocycles. The van der Waals surface area contributed by atoms with Crippen molar-refractivity contribution in [3.8, 4) is 11.5 Å². The number of amides is 1. The SMILES string of the molecule is Cc1ccc(-n2nc3c(c2-n2cccc2)CN(C(=O)c2ccc(=O)[nH]c2)C3)c(C)c1. The second-order valence-electron chi connectivity index (χ2n) is 7.64. The standard InChI is InChI=1S/C23H21N5O2/c1-15-5-7-20(16(2)11-15)28-22(26-9-3-4-10-26)18-13-27(14-19(18)25-28)23(30)17-6-8-21(29)24-12-17/h3-12H,13-14H2,1-2H3,(H,24,29). The summed E-state index contributed by atoms with van der Waals surface area (Å²) in [7, 11) is 0. The Bertz CT molecular complexity index is 1290. The van der Waals surface area contributed by atoms with Gasteiger partial charge in [-0.05, 0) is 43.7 Å². The summed E-state index contributed by atoms with van der Waals surface area (Å²) in [6.07, 6.45) is 5.44. The molecule has 0 bridgehead atoms. The first kappa shape index (κ1) is 18.2. The molecule has 0 atom stereocenters. The Kier molecular flexibility index (Phi) is 4.17. The van der Waals surface area contributed by atoms with E-state index in [1.807, 2.05) is 33.8 Å². The number of fused-ring (bicyclic) bond motifs is 1. The van der Waals surface area contributed by atoms with E-state index in [0.717, 1.165) is 28.3 Å². The van der Waals surface area contributed by atoms with Crippen LogP contribution in [-0.2, 0) is 13.1 Å². The number of aryl methyl sites for hydroxylation is 2. The zero-order valence-electron chi connectivity index (χ0n) is 16.8. The number of aromatic nitrogens is 4. The number of pyridine rings is 1. The number of H-pyrrole nitrogens is 1. The molecule has 4 aromatic rings. The van der Waals surface area contributed by atoms with Gasteiger partial charge in [0.1, 0.15) is 5.82 Å². The number of nitrogens with one attached hydrogen (secondary N) is 1. The summed E-state index contributed by atoms with van der Waals surface area (Å²) < 4.78 is 4.01. The van der Waals surface area contributed by atoms with Gasteiger partial charge in [0.05, 0.1) is 30.0 Å². The average molecular weight is 399 g/mol. The predicted octanol–water partition coefficient (Wildman–Crippen LogP) is 3.12. The maximum atomic E-state index is 12.9. The lowest BCUT2D eigenvalue weighted by Crippen LogP contribution is -2.27. The lowest BCUT2D eigenvalue weighted by molar-refractivity contribution is 0.0748. The van der Waals surface area contributed by atoms with Gasteiger partial charge in [-0.1, -0.05) is 17.7 Å². The zero-order valence-corrected chi connectivity index (χ0v) is 16.8. The highest BCUT2D eigenvalue weighted by Gasteiger charge is 2.32. The lowest BCUT2D eigenvalue weighted by Gasteiger charge is -2.18. The minimum atomic E-state index is -0.226. The number of carbonyl (C=O) groups is 1. The number of benzene rings is 1. The highest BCUT2D eigenvalue weighted by Crippen LogP contribution is 2.32. The fourth-order valence-electron chi connectivity index (χ4n) is 4.02. The van der Waals surface area contributed by atoms with Crippen LogP contribution in [0.25, 0.3) is 11.5 Å². The first-order chi connectivity index (χ1) is 14.5. The predicted molar refractivity (Wildman–Crippen MR) is 113 cm³/mol. The van der Waals surface area contributed by atoms with Crippen molar-refractivity contribution in [2.75, 3.05) is 0 Å². The quantitative estimate of drug-likeness (QED) is 0.575. The van der Waals surface area contributed by atoms with E-state index in [1.165, 1.54) is 17.8 Å². The van der Waals surface area contributed by atoms with Gasteiger partial charge in [-0.2, -0.15) is 5.10 Å². The van der Waals surface area contributed by atoms with Crippen molar-refractivity contribution in [2.45, 2.75) is 26.9 Å². The summed E-state index contributed by atoms with van der Waals surface area (Å²) in [4.78, 5) is 28.6. The van der Waals surface area contributed by atoms with Crippen LogP contribution in [0.5, 0.6) is 0 Å². The Hall–Kier alpha value is -3.87. The number of hydrogen-bond acceptors (Lipinski definition) is 3. The Morgan fingerprint density at radius 2 is 1.87 bits per heavy atom. The smallest absolute Gasteiger partial charge is 0.255 e. The highest BCUT2D eigenvalue weighted by molar-refractivity contribution is 5.94. The monoisotopic (exact) mass is 399 g/mol. The minimum Gasteiger partial charge on any atom is -0.328 e. The van der Waals surface area contributed by atoms with Crippen LogP contribution in [0.2, 0.25) is 0 Å². The molecular formula is C23H21N5O2. The van der Waals surface area contributed by atoms with Crippen molar-refractivity contribution >= 4 is 5.91 Å². The molecule has 0 saturated carbocycles. The molecule has 4 heterocycles. The lowest BCUT2D eigenvalue weighted by atomic mass is 10.1. The van der Waals surface area contributed by atoms with Crippen LogP contribution in [0, 0.1) is 13.8 Å². The van der Waals surface area contributed by atoms with E-state index in [1.54, 1.807) is 11.0 Å². The largest absolute Gasteiger partial charge is 0.328 e. The van der Waals surface area contributed by atoms with E-state index in [4.69, 9.17) is 5.10 Å². The molecule has 5 rings (SSSR count). The summed E-state index contributed by atoms with van der Waals surface area (Å²) in [5.41, 5.74) is 5.53. The molecule has 1 aromatic carbocycles. The Balaban J connectivity index is 1.56. The molecule has 0 spiro atoms. The maximum absolute atomic E-state index is 12.9. The number of rotatable bonds is 3. The third kappa shape index (κ3) is 2.95. The molecule has 0 fully saturated rings. The summed E-state index contributed by atoms with van der Waals surface area (Å²) in [5.74, 6) is 0.819. The van der Waals surface area contributed by atoms with Gasteiger partial charge in [0, 0.05) is 30.2 Å². The highest BCUT2D eigenvalue weighted by atomic mass is 16.2. The molecule has 0 radical (unpaired) electrons. The molecule has 3 aromatic heterocycles. The normalized spacial score (nSPS) is 12.9. The average Bonchev–Trinajstić information content (AvgIpc) is 3.44. The van der Waals surface area contributed by atoms with Gasteiger partial charge in [-0.3, -0.25) is 9.59 Å². The van der Waals surface area contributed by atoms with E-state index in [0.29, 0.717) is 18.7 Å². The summed E-state index contributed by atoms with van der Waals surface area (Å²) in [6.45, 7) is 5.05. The summed E-state index contributed by atoms with van der Waals surface area (Å²) >= 11 is 0. The molecular weight excluding hydrogens is 378 g/mol. The second-order valence-corrected chi connectivity index (χ2v) is 7.64. The summed E-state index contributed by atoms with van der Waals surface area (Å²) in [6, 6.07) is 13.2. The molecule has 1 N–H and O–H groups in total. The molecule has 1 amide bonds. The van der Waals surface area contributed by atoms with E-state index in [9.17, 15) is 9.59 Å². The molecule has 1 aliphatic rings.